The first-order valence-corrected chi connectivity index (χ1v) is 12.3. The van der Waals surface area contributed by atoms with Crippen molar-refractivity contribution in [1.82, 2.24) is 4.90 Å². The van der Waals surface area contributed by atoms with Gasteiger partial charge in [0.05, 0.1) is 0 Å². The zero-order valence-corrected chi connectivity index (χ0v) is 19.0. The van der Waals surface area contributed by atoms with Gasteiger partial charge in [0, 0.05) is 20.0 Å². The van der Waals surface area contributed by atoms with Crippen LogP contribution in [0, 0.1) is 0 Å². The van der Waals surface area contributed by atoms with Crippen LogP contribution in [0.25, 0.3) is 0 Å². The average Bonchev–Trinajstić information content (AvgIpc) is 3.22. The Morgan fingerprint density at radius 1 is 0.821 bits per heavy atom. The van der Waals surface area contributed by atoms with Gasteiger partial charge in [-0.25, -0.2) is 0 Å². The number of nitrogens with zero attached hydrogens (tertiary/aromatic N) is 1. The van der Waals surface area contributed by atoms with Crippen molar-refractivity contribution >= 4 is 5.91 Å². The molecule has 0 atom stereocenters. The van der Waals surface area contributed by atoms with Gasteiger partial charge in [-0.05, 0) is 19.3 Å². The molecule has 0 fully saturated rings. The Kier molecular flexibility index (Phi) is 16.1. The highest BCUT2D eigenvalue weighted by molar-refractivity contribution is 5.75. The molecule has 0 aromatic rings. The van der Waals surface area contributed by atoms with Crippen molar-refractivity contribution in [3.8, 4) is 0 Å². The molecule has 28 heavy (non-hydrogen) atoms. The second-order valence-corrected chi connectivity index (χ2v) is 8.72. The molecule has 0 aromatic carbocycles. The molecule has 2 nitrogen and oxygen atoms in total. The number of hydrogen-bond donors (Lipinski definition) is 0. The number of carbonyl (C=O) groups excluding carboxylic acids is 1. The highest BCUT2D eigenvalue weighted by atomic mass is 16.2. The molecule has 162 valence electrons. The van der Waals surface area contributed by atoms with E-state index in [2.05, 4.69) is 25.2 Å². The maximum Gasteiger partial charge on any atom is 0.222 e. The number of unbranched alkanes of at least 4 members (excludes halogenated alkanes) is 14. The van der Waals surface area contributed by atoms with Crippen LogP contribution in [0.5, 0.6) is 0 Å². The van der Waals surface area contributed by atoms with Gasteiger partial charge in [0.15, 0.2) is 0 Å². The molecule has 1 aliphatic rings. The van der Waals surface area contributed by atoms with Crippen LogP contribution in [0.3, 0.4) is 0 Å². The monoisotopic (exact) mass is 389 g/mol. The molecule has 0 heterocycles. The van der Waals surface area contributed by atoms with E-state index in [0.717, 1.165) is 32.2 Å². The van der Waals surface area contributed by atoms with E-state index < -0.39 is 0 Å². The van der Waals surface area contributed by atoms with Gasteiger partial charge in [-0.2, -0.15) is 0 Å². The van der Waals surface area contributed by atoms with E-state index in [1.165, 1.54) is 95.5 Å². The number of allylic oxidation sites excluding steroid dienone is 3. The third kappa shape index (κ3) is 14.0. The summed E-state index contributed by atoms with van der Waals surface area (Å²) >= 11 is 0. The number of rotatable bonds is 19. The molecule has 1 amide bonds. The van der Waals surface area contributed by atoms with Crippen LogP contribution in [0.2, 0.25) is 0 Å². The quantitative estimate of drug-likeness (QED) is 0.205. The van der Waals surface area contributed by atoms with Gasteiger partial charge in [-0.15, -0.1) is 0 Å². The van der Waals surface area contributed by atoms with Crippen LogP contribution in [0.4, 0.5) is 0 Å². The highest BCUT2D eigenvalue weighted by Gasteiger charge is 2.09. The summed E-state index contributed by atoms with van der Waals surface area (Å²) in [6, 6.07) is 0. The molecule has 0 radical (unpaired) electrons. The average molecular weight is 390 g/mol. The second kappa shape index (κ2) is 18.0. The van der Waals surface area contributed by atoms with E-state index in [-0.39, 0.29) is 0 Å². The van der Waals surface area contributed by atoms with Crippen molar-refractivity contribution in [3.05, 3.63) is 23.8 Å². The first-order chi connectivity index (χ1) is 13.7. The largest absolute Gasteiger partial charge is 0.345 e. The standard InChI is InChI=1S/C26H47NO/c1-3-4-5-6-7-8-9-10-11-12-13-14-15-16-17-22-26(28)27(2)24-23-25-20-18-19-21-25/h18-20H,3-17,21-24H2,1-2H3. The summed E-state index contributed by atoms with van der Waals surface area (Å²) in [6.07, 6.45) is 29.9. The fourth-order valence-corrected chi connectivity index (χ4v) is 3.95. The fraction of sp³-hybridized carbons (Fsp3) is 0.808. The zero-order valence-electron chi connectivity index (χ0n) is 19.0. The molecule has 1 aliphatic carbocycles. The van der Waals surface area contributed by atoms with Gasteiger partial charge >= 0.3 is 0 Å². The summed E-state index contributed by atoms with van der Waals surface area (Å²) in [6.45, 7) is 3.15. The molecule has 0 aliphatic heterocycles. The lowest BCUT2D eigenvalue weighted by Crippen LogP contribution is -2.27. The van der Waals surface area contributed by atoms with Crippen molar-refractivity contribution < 1.29 is 4.79 Å². The predicted molar refractivity (Wildman–Crippen MR) is 124 cm³/mol. The summed E-state index contributed by atoms with van der Waals surface area (Å²) in [5, 5.41) is 0. The van der Waals surface area contributed by atoms with Gasteiger partial charge in [0.25, 0.3) is 0 Å². The SMILES string of the molecule is CCCCCCCCCCCCCCCCCC(=O)N(C)CCC1=CC=CC1. The van der Waals surface area contributed by atoms with Crippen LogP contribution in [-0.2, 0) is 4.79 Å². The maximum absolute atomic E-state index is 12.2. The molecule has 0 saturated carbocycles. The van der Waals surface area contributed by atoms with Crippen LogP contribution < -0.4 is 0 Å². The van der Waals surface area contributed by atoms with Crippen LogP contribution in [0.1, 0.15) is 122 Å². The molecule has 1 rings (SSSR count). The minimum Gasteiger partial charge on any atom is -0.345 e. The van der Waals surface area contributed by atoms with Gasteiger partial charge in [-0.3, -0.25) is 4.79 Å². The summed E-state index contributed by atoms with van der Waals surface area (Å²) in [7, 11) is 1.95. The van der Waals surface area contributed by atoms with E-state index in [9.17, 15) is 4.79 Å². The Balaban J connectivity index is 1.79. The molecule has 0 N–H and O–H groups in total. The van der Waals surface area contributed by atoms with Crippen LogP contribution >= 0.6 is 0 Å². The van der Waals surface area contributed by atoms with Gasteiger partial charge in [0.1, 0.15) is 0 Å². The van der Waals surface area contributed by atoms with E-state index in [4.69, 9.17) is 0 Å². The summed E-state index contributed by atoms with van der Waals surface area (Å²) in [4.78, 5) is 14.1. The van der Waals surface area contributed by atoms with Crippen molar-refractivity contribution in [2.45, 2.75) is 122 Å². The van der Waals surface area contributed by atoms with Crippen molar-refractivity contribution in [1.29, 1.82) is 0 Å². The summed E-state index contributed by atoms with van der Waals surface area (Å²) in [5.41, 5.74) is 1.45. The molecule has 0 bridgehead atoms. The van der Waals surface area contributed by atoms with Crippen molar-refractivity contribution in [2.75, 3.05) is 13.6 Å². The van der Waals surface area contributed by atoms with Crippen molar-refractivity contribution in [2.24, 2.45) is 0 Å². The third-order valence-electron chi connectivity index (χ3n) is 6.04. The molecule has 2 heteroatoms. The molecule has 0 saturated heterocycles. The van der Waals surface area contributed by atoms with Crippen LogP contribution in [0.15, 0.2) is 23.8 Å². The minimum atomic E-state index is 0.321. The molecule has 0 spiro atoms. The molecule has 0 unspecified atom stereocenters. The number of carbonyl (C=O) groups is 1. The molecule has 0 aromatic heterocycles. The Morgan fingerprint density at radius 2 is 1.32 bits per heavy atom. The second-order valence-electron chi connectivity index (χ2n) is 8.72. The first kappa shape index (κ1) is 25.0. The predicted octanol–water partition coefficient (Wildman–Crippen LogP) is 7.98. The molecular formula is C26H47NO. The minimum absolute atomic E-state index is 0.321. The summed E-state index contributed by atoms with van der Waals surface area (Å²) < 4.78 is 0. The van der Waals surface area contributed by atoms with Crippen LogP contribution in [-0.4, -0.2) is 24.4 Å². The lowest BCUT2D eigenvalue weighted by molar-refractivity contribution is -0.130. The molecular weight excluding hydrogens is 342 g/mol. The fourth-order valence-electron chi connectivity index (χ4n) is 3.95. The van der Waals surface area contributed by atoms with E-state index in [0.29, 0.717) is 5.91 Å². The Labute approximate surface area is 175 Å². The summed E-state index contributed by atoms with van der Waals surface area (Å²) in [5.74, 6) is 0.321. The van der Waals surface area contributed by atoms with E-state index in [1.54, 1.807) is 0 Å². The topological polar surface area (TPSA) is 20.3 Å². The Bertz CT molecular complexity index is 438. The Morgan fingerprint density at radius 3 is 1.79 bits per heavy atom. The number of amides is 1. The first-order valence-electron chi connectivity index (χ1n) is 12.3. The van der Waals surface area contributed by atoms with Gasteiger partial charge < -0.3 is 4.90 Å². The van der Waals surface area contributed by atoms with E-state index >= 15 is 0 Å². The maximum atomic E-state index is 12.2. The Hall–Kier alpha value is -1.05. The van der Waals surface area contributed by atoms with Gasteiger partial charge in [0.2, 0.25) is 5.91 Å². The lowest BCUT2D eigenvalue weighted by Gasteiger charge is -2.17. The normalized spacial score (nSPS) is 13.1. The number of hydrogen-bond acceptors (Lipinski definition) is 1. The van der Waals surface area contributed by atoms with E-state index in [1.807, 2.05) is 11.9 Å². The smallest absolute Gasteiger partial charge is 0.222 e. The lowest BCUT2D eigenvalue weighted by atomic mass is 10.0. The zero-order chi connectivity index (χ0) is 20.3. The van der Waals surface area contributed by atoms with Crippen molar-refractivity contribution in [3.63, 3.8) is 0 Å². The third-order valence-corrected chi connectivity index (χ3v) is 6.04. The highest BCUT2D eigenvalue weighted by Crippen LogP contribution is 2.16. The van der Waals surface area contributed by atoms with Gasteiger partial charge in [-0.1, -0.05) is 121 Å².